The molecule has 0 atom stereocenters. The molecule has 1 N–H and O–H groups in total. The number of ether oxygens (including phenoxy) is 1. The van der Waals surface area contributed by atoms with E-state index in [1.165, 1.54) is 13.1 Å². The minimum atomic E-state index is -0.669. The summed E-state index contributed by atoms with van der Waals surface area (Å²) in [5.74, 6) is -0.0456. The van der Waals surface area contributed by atoms with Crippen LogP contribution in [-0.2, 0) is 0 Å². The van der Waals surface area contributed by atoms with Crippen LogP contribution in [0.5, 0.6) is 5.75 Å². The fourth-order valence-corrected chi connectivity index (χ4v) is 2.96. The summed E-state index contributed by atoms with van der Waals surface area (Å²) >= 11 is 6.06. The van der Waals surface area contributed by atoms with Crippen LogP contribution in [-0.4, -0.2) is 28.5 Å². The van der Waals surface area contributed by atoms with Gasteiger partial charge in [-0.1, -0.05) is 29.8 Å². The smallest absolute Gasteiger partial charge is 0.292 e. The molecule has 2 aromatic carbocycles. The van der Waals surface area contributed by atoms with Gasteiger partial charge in [-0.3, -0.25) is 9.59 Å². The molecule has 8 nitrogen and oxygen atoms in total. The van der Waals surface area contributed by atoms with Gasteiger partial charge in [0.2, 0.25) is 0 Å². The maximum absolute atomic E-state index is 12.7. The number of benzene rings is 2. The topological polar surface area (TPSA) is 109 Å². The molecule has 0 aliphatic carbocycles. The van der Waals surface area contributed by atoms with Crippen LogP contribution >= 0.6 is 11.6 Å². The number of hydrogen-bond donors (Lipinski definition) is 1. The molecular weight excluding hydrogens is 418 g/mol. The van der Waals surface area contributed by atoms with Crippen molar-refractivity contribution in [2.45, 2.75) is 13.8 Å². The van der Waals surface area contributed by atoms with Crippen LogP contribution in [0, 0.1) is 18.3 Å². The fourth-order valence-electron chi connectivity index (χ4n) is 2.77. The third kappa shape index (κ3) is 4.79. The van der Waals surface area contributed by atoms with Gasteiger partial charge in [0.25, 0.3) is 11.5 Å². The lowest BCUT2D eigenvalue weighted by molar-refractivity contribution is 0.0947. The monoisotopic (exact) mass is 435 g/mol. The van der Waals surface area contributed by atoms with Crippen molar-refractivity contribution < 1.29 is 9.53 Å². The molecule has 0 fully saturated rings. The summed E-state index contributed by atoms with van der Waals surface area (Å²) in [4.78, 5) is 25.4. The molecule has 0 radical (unpaired) electrons. The molecule has 1 heterocycles. The van der Waals surface area contributed by atoms with Crippen LogP contribution in [0.2, 0.25) is 5.02 Å². The predicted molar refractivity (Wildman–Crippen MR) is 117 cm³/mol. The van der Waals surface area contributed by atoms with Crippen LogP contribution in [0.25, 0.3) is 5.69 Å². The number of nitriles is 1. The van der Waals surface area contributed by atoms with E-state index in [9.17, 15) is 14.9 Å². The minimum absolute atomic E-state index is 0.0960. The molecule has 9 heteroatoms. The van der Waals surface area contributed by atoms with Crippen LogP contribution in [0.15, 0.2) is 58.4 Å². The van der Waals surface area contributed by atoms with Gasteiger partial charge in [0.15, 0.2) is 5.69 Å². The summed E-state index contributed by atoms with van der Waals surface area (Å²) < 4.78 is 6.40. The highest BCUT2D eigenvalue weighted by Gasteiger charge is 2.20. The lowest BCUT2D eigenvalue weighted by atomic mass is 10.1. The number of nitrogens with zero attached hydrogens (tertiary/aromatic N) is 4. The van der Waals surface area contributed by atoms with Crippen LogP contribution in [0.4, 0.5) is 0 Å². The van der Waals surface area contributed by atoms with E-state index in [1.54, 1.807) is 48.5 Å². The van der Waals surface area contributed by atoms with E-state index in [-0.39, 0.29) is 16.8 Å². The van der Waals surface area contributed by atoms with E-state index in [2.05, 4.69) is 15.6 Å². The van der Waals surface area contributed by atoms with Crippen LogP contribution in [0.1, 0.15) is 34.1 Å². The minimum Gasteiger partial charge on any atom is -0.494 e. The van der Waals surface area contributed by atoms with Gasteiger partial charge in [-0.05, 0) is 44.2 Å². The summed E-state index contributed by atoms with van der Waals surface area (Å²) in [6.45, 7) is 3.85. The molecule has 0 aliphatic rings. The molecule has 1 aromatic heterocycles. The highest BCUT2D eigenvalue weighted by atomic mass is 35.5. The highest BCUT2D eigenvalue weighted by Crippen LogP contribution is 2.16. The molecule has 0 saturated heterocycles. The van der Waals surface area contributed by atoms with E-state index in [0.29, 0.717) is 28.6 Å². The Morgan fingerprint density at radius 1 is 1.29 bits per heavy atom. The zero-order valence-corrected chi connectivity index (χ0v) is 17.6. The Morgan fingerprint density at radius 2 is 2.00 bits per heavy atom. The summed E-state index contributed by atoms with van der Waals surface area (Å²) in [6, 6.07) is 15.4. The maximum atomic E-state index is 12.7. The fraction of sp³-hybridized carbons (Fsp3) is 0.136. The van der Waals surface area contributed by atoms with Crippen LogP contribution in [0.3, 0.4) is 0 Å². The van der Waals surface area contributed by atoms with Gasteiger partial charge in [0, 0.05) is 16.1 Å². The first-order valence-electron chi connectivity index (χ1n) is 9.31. The largest absolute Gasteiger partial charge is 0.494 e. The number of amides is 1. The van der Waals surface area contributed by atoms with Gasteiger partial charge in [0.05, 0.1) is 18.5 Å². The van der Waals surface area contributed by atoms with Crippen molar-refractivity contribution in [1.82, 2.24) is 15.2 Å². The van der Waals surface area contributed by atoms with Gasteiger partial charge in [0.1, 0.15) is 17.4 Å². The van der Waals surface area contributed by atoms with Crippen molar-refractivity contribution in [2.75, 3.05) is 6.61 Å². The second-order valence-electron chi connectivity index (χ2n) is 6.32. The van der Waals surface area contributed by atoms with Gasteiger partial charge in [-0.2, -0.15) is 20.1 Å². The number of aromatic nitrogens is 2. The van der Waals surface area contributed by atoms with Crippen LogP contribution < -0.4 is 15.7 Å². The average molecular weight is 436 g/mol. The number of nitrogens with one attached hydrogen (secondary N) is 1. The number of hydrogen-bond acceptors (Lipinski definition) is 6. The Balaban J connectivity index is 1.95. The Morgan fingerprint density at radius 3 is 2.65 bits per heavy atom. The van der Waals surface area contributed by atoms with E-state index in [1.807, 2.05) is 13.0 Å². The van der Waals surface area contributed by atoms with Gasteiger partial charge >= 0.3 is 0 Å². The van der Waals surface area contributed by atoms with E-state index in [4.69, 9.17) is 16.3 Å². The molecular formula is C22H18ClN5O3. The lowest BCUT2D eigenvalue weighted by Gasteiger charge is -2.11. The first-order chi connectivity index (χ1) is 15.0. The first-order valence-corrected chi connectivity index (χ1v) is 9.69. The molecule has 3 rings (SSSR count). The third-order valence-electron chi connectivity index (χ3n) is 4.33. The maximum Gasteiger partial charge on any atom is 0.292 e. The summed E-state index contributed by atoms with van der Waals surface area (Å²) in [5.41, 5.74) is 2.63. The first kappa shape index (κ1) is 21.7. The van der Waals surface area contributed by atoms with E-state index >= 15 is 0 Å². The zero-order valence-electron chi connectivity index (χ0n) is 16.8. The molecule has 0 bridgehead atoms. The Kier molecular flexibility index (Phi) is 6.80. The second-order valence-corrected chi connectivity index (χ2v) is 6.73. The normalized spacial score (nSPS) is 10.6. The third-order valence-corrected chi connectivity index (χ3v) is 4.67. The van der Waals surface area contributed by atoms with Crippen molar-refractivity contribution >= 4 is 23.7 Å². The van der Waals surface area contributed by atoms with Crippen molar-refractivity contribution in [1.29, 1.82) is 5.26 Å². The Labute approximate surface area is 183 Å². The number of carbonyl (C=O) groups excluding carboxylic acids is 1. The summed E-state index contributed by atoms with van der Waals surface area (Å²) in [5, 5.41) is 18.0. The molecule has 156 valence electrons. The van der Waals surface area contributed by atoms with E-state index in [0.717, 1.165) is 4.68 Å². The SMILES string of the molecule is CCOc1ccc(-n2nc(C(=O)N/N=C/c3ccccc3Cl)c(C)c(C#N)c2=O)cc1. The van der Waals surface area contributed by atoms with Crippen molar-refractivity contribution in [3.05, 3.63) is 86.3 Å². The van der Waals surface area contributed by atoms with E-state index < -0.39 is 11.5 Å². The molecule has 3 aromatic rings. The number of carbonyl (C=O) groups is 1. The highest BCUT2D eigenvalue weighted by molar-refractivity contribution is 6.33. The van der Waals surface area contributed by atoms with Gasteiger partial charge in [-0.15, -0.1) is 0 Å². The molecule has 31 heavy (non-hydrogen) atoms. The second kappa shape index (κ2) is 9.69. The zero-order chi connectivity index (χ0) is 22.4. The van der Waals surface area contributed by atoms with Gasteiger partial charge < -0.3 is 4.74 Å². The molecule has 0 unspecified atom stereocenters. The molecule has 0 aliphatic heterocycles. The molecule has 0 spiro atoms. The Hall–Kier alpha value is -3.96. The van der Waals surface area contributed by atoms with Crippen molar-refractivity contribution in [2.24, 2.45) is 5.10 Å². The Bertz CT molecular complexity index is 1240. The average Bonchev–Trinajstić information content (AvgIpc) is 2.76. The standard InChI is InChI=1S/C22H18ClN5O3/c1-3-31-17-10-8-16(9-11-17)28-22(30)18(12-24)14(2)20(27-28)21(29)26-25-13-15-6-4-5-7-19(15)23/h4-11,13H,3H2,1-2H3,(H,26,29)/b25-13+. The van der Waals surface area contributed by atoms with Crippen molar-refractivity contribution in [3.8, 4) is 17.5 Å². The molecule has 0 saturated carbocycles. The number of hydrazone groups is 1. The summed E-state index contributed by atoms with van der Waals surface area (Å²) in [6.07, 6.45) is 1.39. The molecule has 1 amide bonds. The number of rotatable bonds is 6. The van der Waals surface area contributed by atoms with Crippen molar-refractivity contribution in [3.63, 3.8) is 0 Å². The summed E-state index contributed by atoms with van der Waals surface area (Å²) in [7, 11) is 0. The number of halogens is 1. The predicted octanol–water partition coefficient (Wildman–Crippen LogP) is 3.23. The lowest BCUT2D eigenvalue weighted by Crippen LogP contribution is -2.31. The van der Waals surface area contributed by atoms with Gasteiger partial charge in [-0.25, -0.2) is 5.43 Å². The quantitative estimate of drug-likeness (QED) is 0.472.